The van der Waals surface area contributed by atoms with Gasteiger partial charge in [-0.1, -0.05) is 24.3 Å². The Morgan fingerprint density at radius 1 is 1.38 bits per heavy atom. The molecular formula is C12H18IN3. The number of halogens is 1. The van der Waals surface area contributed by atoms with Gasteiger partial charge in [-0.2, -0.15) is 0 Å². The number of hydrogen-bond donors (Lipinski definition) is 1. The minimum Gasteiger partial charge on any atom is -0.352 e. The number of hydrogen-bond acceptors (Lipinski definition) is 3. The number of nitrogens with one attached hydrogen (secondary N) is 1. The maximum Gasteiger partial charge on any atom is 0.194 e. The van der Waals surface area contributed by atoms with Crippen LogP contribution >= 0.6 is 24.0 Å². The Labute approximate surface area is 114 Å². The molecule has 0 saturated carbocycles. The van der Waals surface area contributed by atoms with Gasteiger partial charge in [-0.05, 0) is 18.1 Å². The van der Waals surface area contributed by atoms with Crippen LogP contribution in [0, 0.1) is 6.92 Å². The fourth-order valence-corrected chi connectivity index (χ4v) is 1.71. The highest BCUT2D eigenvalue weighted by molar-refractivity contribution is 14.0. The maximum atomic E-state index is 4.39. The summed E-state index contributed by atoms with van der Waals surface area (Å²) in [6.45, 7) is 4.93. The second-order valence-corrected chi connectivity index (χ2v) is 3.91. The molecule has 16 heavy (non-hydrogen) atoms. The predicted octanol–water partition coefficient (Wildman–Crippen LogP) is 2.00. The molecule has 1 aliphatic rings. The number of aliphatic imine (C=N–C) groups is 1. The van der Waals surface area contributed by atoms with E-state index in [-0.39, 0.29) is 24.0 Å². The quantitative estimate of drug-likeness (QED) is 0.840. The highest BCUT2D eigenvalue weighted by Gasteiger charge is 2.11. The van der Waals surface area contributed by atoms with E-state index in [4.69, 9.17) is 0 Å². The van der Waals surface area contributed by atoms with Crippen LogP contribution in [0.5, 0.6) is 0 Å². The summed E-state index contributed by atoms with van der Waals surface area (Å²) in [6.07, 6.45) is 0. The lowest BCUT2D eigenvalue weighted by Crippen LogP contribution is -2.35. The van der Waals surface area contributed by atoms with Crippen molar-refractivity contribution in [3.05, 3.63) is 35.4 Å². The first kappa shape index (κ1) is 13.3. The van der Waals surface area contributed by atoms with Gasteiger partial charge in [0.1, 0.15) is 0 Å². The standard InChI is InChI=1S/C12H17N3.HI/c1-10-5-3-4-6-11(10)9-14-12-13-7-8-15(12)2;/h3-6H,7-9H2,1-2H3,(H,13,14);1H. The topological polar surface area (TPSA) is 27.6 Å². The Kier molecular flexibility index (Phi) is 5.05. The average Bonchev–Trinajstić information content (AvgIpc) is 2.63. The van der Waals surface area contributed by atoms with E-state index in [1.165, 1.54) is 11.1 Å². The Bertz CT molecular complexity index is 376. The van der Waals surface area contributed by atoms with E-state index >= 15 is 0 Å². The molecule has 0 bridgehead atoms. The van der Waals surface area contributed by atoms with Crippen molar-refractivity contribution in [2.75, 3.05) is 20.1 Å². The fraction of sp³-hybridized carbons (Fsp3) is 0.417. The molecule has 0 aromatic heterocycles. The van der Waals surface area contributed by atoms with Gasteiger partial charge in [0.05, 0.1) is 6.54 Å². The minimum absolute atomic E-state index is 0. The summed E-state index contributed by atoms with van der Waals surface area (Å²) < 4.78 is 0. The highest BCUT2D eigenvalue weighted by atomic mass is 127. The highest BCUT2D eigenvalue weighted by Crippen LogP contribution is 2.06. The molecular weight excluding hydrogens is 313 g/mol. The smallest absolute Gasteiger partial charge is 0.194 e. The number of guanidine groups is 1. The van der Waals surface area contributed by atoms with Crippen molar-refractivity contribution in [2.24, 2.45) is 4.99 Å². The molecule has 88 valence electrons. The molecule has 1 heterocycles. The van der Waals surface area contributed by atoms with Gasteiger partial charge in [-0.3, -0.25) is 4.99 Å². The maximum absolute atomic E-state index is 4.39. The van der Waals surface area contributed by atoms with Gasteiger partial charge in [0.2, 0.25) is 0 Å². The average molecular weight is 331 g/mol. The molecule has 3 nitrogen and oxygen atoms in total. The van der Waals surface area contributed by atoms with Crippen LogP contribution in [0.4, 0.5) is 0 Å². The Morgan fingerprint density at radius 2 is 2.12 bits per heavy atom. The van der Waals surface area contributed by atoms with Crippen molar-refractivity contribution in [1.29, 1.82) is 0 Å². The monoisotopic (exact) mass is 331 g/mol. The number of rotatable bonds is 2. The molecule has 0 atom stereocenters. The normalized spacial score (nSPS) is 14.4. The van der Waals surface area contributed by atoms with Crippen LogP contribution < -0.4 is 5.32 Å². The van der Waals surface area contributed by atoms with E-state index in [0.29, 0.717) is 0 Å². The third kappa shape index (κ3) is 3.10. The Balaban J connectivity index is 0.00000128. The van der Waals surface area contributed by atoms with Crippen LogP contribution in [0.3, 0.4) is 0 Å². The summed E-state index contributed by atoms with van der Waals surface area (Å²) in [5, 5.41) is 3.36. The molecule has 4 heteroatoms. The third-order valence-corrected chi connectivity index (χ3v) is 2.76. The third-order valence-electron chi connectivity index (χ3n) is 2.76. The SMILES string of the molecule is Cc1ccccc1CNC1=NCCN1C.I. The lowest BCUT2D eigenvalue weighted by Gasteiger charge is -2.15. The van der Waals surface area contributed by atoms with Gasteiger partial charge in [0, 0.05) is 20.1 Å². The minimum atomic E-state index is 0. The first-order valence-electron chi connectivity index (χ1n) is 5.31. The molecule has 0 radical (unpaired) electrons. The van der Waals surface area contributed by atoms with Crippen LogP contribution in [-0.4, -0.2) is 31.0 Å². The zero-order valence-corrected chi connectivity index (χ0v) is 12.1. The van der Waals surface area contributed by atoms with Crippen LogP contribution in [0.2, 0.25) is 0 Å². The second-order valence-electron chi connectivity index (χ2n) is 3.91. The predicted molar refractivity (Wildman–Crippen MR) is 78.4 cm³/mol. The molecule has 0 spiro atoms. The Hall–Kier alpha value is -0.780. The van der Waals surface area contributed by atoms with Crippen LogP contribution in [0.25, 0.3) is 0 Å². The van der Waals surface area contributed by atoms with Gasteiger partial charge in [-0.15, -0.1) is 24.0 Å². The summed E-state index contributed by atoms with van der Waals surface area (Å²) in [5.74, 6) is 1.01. The molecule has 0 amide bonds. The molecule has 0 saturated heterocycles. The van der Waals surface area contributed by atoms with E-state index in [9.17, 15) is 0 Å². The zero-order valence-electron chi connectivity index (χ0n) is 9.73. The second kappa shape index (κ2) is 6.08. The van der Waals surface area contributed by atoms with Gasteiger partial charge in [0.25, 0.3) is 0 Å². The largest absolute Gasteiger partial charge is 0.352 e. The van der Waals surface area contributed by atoms with E-state index < -0.39 is 0 Å². The van der Waals surface area contributed by atoms with Crippen molar-refractivity contribution in [3.63, 3.8) is 0 Å². The first-order chi connectivity index (χ1) is 7.27. The molecule has 1 aromatic rings. The van der Waals surface area contributed by atoms with Gasteiger partial charge >= 0.3 is 0 Å². The molecule has 1 N–H and O–H groups in total. The summed E-state index contributed by atoms with van der Waals surface area (Å²) >= 11 is 0. The summed E-state index contributed by atoms with van der Waals surface area (Å²) in [7, 11) is 2.07. The van der Waals surface area contributed by atoms with Crippen molar-refractivity contribution in [3.8, 4) is 0 Å². The lowest BCUT2D eigenvalue weighted by molar-refractivity contribution is 0.534. The molecule has 2 rings (SSSR count). The number of nitrogens with zero attached hydrogens (tertiary/aromatic N) is 2. The number of benzene rings is 1. The fourth-order valence-electron chi connectivity index (χ4n) is 1.71. The van der Waals surface area contributed by atoms with E-state index in [1.54, 1.807) is 0 Å². The van der Waals surface area contributed by atoms with Crippen molar-refractivity contribution in [2.45, 2.75) is 13.5 Å². The van der Waals surface area contributed by atoms with Crippen LogP contribution in [0.15, 0.2) is 29.3 Å². The number of aryl methyl sites for hydroxylation is 1. The Morgan fingerprint density at radius 3 is 2.75 bits per heavy atom. The van der Waals surface area contributed by atoms with E-state index in [0.717, 1.165) is 25.6 Å². The van der Waals surface area contributed by atoms with Crippen molar-refractivity contribution >= 4 is 29.9 Å². The number of likely N-dealkylation sites (N-methyl/N-ethyl adjacent to an activating group) is 1. The zero-order chi connectivity index (χ0) is 10.7. The van der Waals surface area contributed by atoms with Crippen LogP contribution in [-0.2, 0) is 6.54 Å². The summed E-state index contributed by atoms with van der Waals surface area (Å²) in [5.41, 5.74) is 2.66. The van der Waals surface area contributed by atoms with Crippen molar-refractivity contribution < 1.29 is 0 Å². The van der Waals surface area contributed by atoms with Gasteiger partial charge < -0.3 is 10.2 Å². The molecule has 1 aliphatic heterocycles. The molecule has 1 aromatic carbocycles. The van der Waals surface area contributed by atoms with Gasteiger partial charge in [-0.25, -0.2) is 0 Å². The summed E-state index contributed by atoms with van der Waals surface area (Å²) in [4.78, 5) is 6.54. The van der Waals surface area contributed by atoms with E-state index in [1.807, 2.05) is 0 Å². The molecule has 0 unspecified atom stereocenters. The molecule has 0 fully saturated rings. The molecule has 0 aliphatic carbocycles. The van der Waals surface area contributed by atoms with Gasteiger partial charge in [0.15, 0.2) is 5.96 Å². The van der Waals surface area contributed by atoms with Crippen molar-refractivity contribution in [1.82, 2.24) is 10.2 Å². The van der Waals surface area contributed by atoms with E-state index in [2.05, 4.69) is 53.4 Å². The lowest BCUT2D eigenvalue weighted by atomic mass is 10.1. The first-order valence-corrected chi connectivity index (χ1v) is 5.31. The van der Waals surface area contributed by atoms with Crippen LogP contribution in [0.1, 0.15) is 11.1 Å². The summed E-state index contributed by atoms with van der Waals surface area (Å²) in [6, 6.07) is 8.43.